The number of amides is 2. The first-order valence-electron chi connectivity index (χ1n) is 14.7. The molecule has 3 aromatic rings. The number of amidine groups is 1. The number of hydrogen-bond donors (Lipinski definition) is 1. The van der Waals surface area contributed by atoms with Gasteiger partial charge in [0, 0.05) is 66.3 Å². The quantitative estimate of drug-likeness (QED) is 0.353. The van der Waals surface area contributed by atoms with Gasteiger partial charge in [-0.2, -0.15) is 0 Å². The number of benzene rings is 2. The lowest BCUT2D eigenvalue weighted by molar-refractivity contribution is -0.142. The molecule has 0 saturated carbocycles. The van der Waals surface area contributed by atoms with Crippen molar-refractivity contribution >= 4 is 52.4 Å². The van der Waals surface area contributed by atoms with E-state index in [1.807, 2.05) is 34.5 Å². The smallest absolute Gasteiger partial charge is 0.338 e. The average molecular weight is 667 g/mol. The molecule has 240 valence electrons. The molecule has 0 spiro atoms. The highest BCUT2D eigenvalue weighted by Crippen LogP contribution is 2.37. The summed E-state index contributed by atoms with van der Waals surface area (Å²) in [5, 5.41) is 5.91. The summed E-state index contributed by atoms with van der Waals surface area (Å²) < 4.78 is 24.0. The van der Waals surface area contributed by atoms with Gasteiger partial charge in [0.05, 0.1) is 31.8 Å². The van der Waals surface area contributed by atoms with Crippen molar-refractivity contribution in [2.24, 2.45) is 4.99 Å². The highest BCUT2D eigenvalue weighted by atomic mass is 35.5. The van der Waals surface area contributed by atoms with Crippen molar-refractivity contribution < 1.29 is 28.2 Å². The van der Waals surface area contributed by atoms with Crippen LogP contribution in [-0.2, 0) is 19.1 Å². The van der Waals surface area contributed by atoms with Crippen molar-refractivity contribution in [2.45, 2.75) is 24.9 Å². The van der Waals surface area contributed by atoms with Crippen molar-refractivity contribution in [2.75, 3.05) is 51.8 Å². The van der Waals surface area contributed by atoms with Crippen molar-refractivity contribution in [3.8, 4) is 0 Å². The number of hydrogen-bond acceptors (Lipinski definition) is 10. The molecule has 4 heterocycles. The van der Waals surface area contributed by atoms with E-state index in [-0.39, 0.29) is 28.6 Å². The largest absolute Gasteiger partial charge is 0.469 e. The summed E-state index contributed by atoms with van der Waals surface area (Å²) in [6, 6.07) is 10.4. The Balaban J connectivity index is 1.25. The molecule has 46 heavy (non-hydrogen) atoms. The first-order chi connectivity index (χ1) is 22.2. The van der Waals surface area contributed by atoms with Crippen LogP contribution in [0, 0.1) is 5.82 Å². The van der Waals surface area contributed by atoms with Gasteiger partial charge in [0.1, 0.15) is 11.9 Å². The highest BCUT2D eigenvalue weighted by Gasteiger charge is 2.42. The van der Waals surface area contributed by atoms with Crippen molar-refractivity contribution in [3.63, 3.8) is 0 Å². The fourth-order valence-corrected chi connectivity index (χ4v) is 6.94. The number of aromatic nitrogens is 1. The van der Waals surface area contributed by atoms with Gasteiger partial charge >= 0.3 is 18.0 Å². The number of carbonyl (C=O) groups excluding carboxylic acids is 3. The number of anilines is 1. The third kappa shape index (κ3) is 6.09. The van der Waals surface area contributed by atoms with E-state index in [9.17, 15) is 18.8 Å². The summed E-state index contributed by atoms with van der Waals surface area (Å²) in [4.78, 5) is 53.7. The zero-order chi connectivity index (χ0) is 32.5. The van der Waals surface area contributed by atoms with Gasteiger partial charge in [-0.15, -0.1) is 11.3 Å². The molecule has 0 bridgehead atoms. The number of urea groups is 1. The zero-order valence-corrected chi connectivity index (χ0v) is 27.0. The third-order valence-electron chi connectivity index (χ3n) is 8.50. The van der Waals surface area contributed by atoms with Crippen LogP contribution in [0.1, 0.15) is 35.0 Å². The van der Waals surface area contributed by atoms with Crippen LogP contribution in [0.2, 0.25) is 5.02 Å². The molecule has 2 amide bonds. The average Bonchev–Trinajstić information content (AvgIpc) is 3.72. The van der Waals surface area contributed by atoms with Crippen LogP contribution in [-0.4, -0.2) is 91.6 Å². The Bertz CT molecular complexity index is 1720. The van der Waals surface area contributed by atoms with Gasteiger partial charge in [-0.05, 0) is 36.8 Å². The van der Waals surface area contributed by atoms with Gasteiger partial charge in [-0.1, -0.05) is 29.8 Å². The number of rotatable bonds is 8. The molecule has 3 atom stereocenters. The molecule has 2 saturated heterocycles. The number of esters is 2. The van der Waals surface area contributed by atoms with E-state index in [1.165, 1.54) is 43.8 Å². The Morgan fingerprint density at radius 3 is 2.59 bits per heavy atom. The van der Waals surface area contributed by atoms with E-state index >= 15 is 0 Å². The topological polar surface area (TPSA) is 117 Å². The Morgan fingerprint density at radius 2 is 1.91 bits per heavy atom. The van der Waals surface area contributed by atoms with Gasteiger partial charge < -0.3 is 19.7 Å². The first-order valence-corrected chi connectivity index (χ1v) is 15.9. The van der Waals surface area contributed by atoms with Crippen molar-refractivity contribution in [1.82, 2.24) is 20.1 Å². The number of aliphatic imine (C=N–C) groups is 1. The maximum Gasteiger partial charge on any atom is 0.338 e. The molecule has 0 aliphatic carbocycles. The minimum atomic E-state index is -0.856. The van der Waals surface area contributed by atoms with E-state index in [1.54, 1.807) is 18.0 Å². The molecule has 14 heteroatoms. The summed E-state index contributed by atoms with van der Waals surface area (Å²) in [7, 11) is 2.66. The number of methoxy groups -OCH3 is 2. The second-order valence-electron chi connectivity index (χ2n) is 11.2. The summed E-state index contributed by atoms with van der Waals surface area (Å²) in [6.45, 7) is 4.22. The number of fused-ring (bicyclic) bond motifs is 1. The molecule has 3 aliphatic heterocycles. The van der Waals surface area contributed by atoms with Crippen LogP contribution in [0.15, 0.2) is 70.3 Å². The molecular formula is C32H32ClFN6O5S. The normalized spacial score (nSPS) is 20.6. The van der Waals surface area contributed by atoms with Crippen LogP contribution in [0.3, 0.4) is 0 Å². The van der Waals surface area contributed by atoms with Crippen LogP contribution in [0.4, 0.5) is 14.9 Å². The number of nitrogens with zero attached hydrogens (tertiary/aromatic N) is 5. The molecule has 1 N–H and O–H groups in total. The predicted octanol–water partition coefficient (Wildman–Crippen LogP) is 4.36. The number of piperazine rings is 1. The van der Waals surface area contributed by atoms with Gasteiger partial charge in [-0.3, -0.25) is 19.6 Å². The first kappa shape index (κ1) is 31.6. The maximum absolute atomic E-state index is 14.0. The highest BCUT2D eigenvalue weighted by molar-refractivity contribution is 7.11. The maximum atomic E-state index is 14.0. The number of nitrogens with one attached hydrogen (secondary N) is 1. The molecule has 2 aromatic carbocycles. The lowest BCUT2D eigenvalue weighted by Gasteiger charge is -2.38. The molecule has 11 nitrogen and oxygen atoms in total. The van der Waals surface area contributed by atoms with Crippen LogP contribution in [0.25, 0.3) is 0 Å². The molecular weight excluding hydrogens is 635 g/mol. The molecule has 1 aromatic heterocycles. The second-order valence-corrected chi connectivity index (χ2v) is 12.5. The van der Waals surface area contributed by atoms with E-state index in [4.69, 9.17) is 26.1 Å². The van der Waals surface area contributed by atoms with Gasteiger partial charge in [0.2, 0.25) is 0 Å². The summed E-state index contributed by atoms with van der Waals surface area (Å²) in [5.74, 6) is -1.35. The predicted molar refractivity (Wildman–Crippen MR) is 172 cm³/mol. The number of ether oxygens (including phenoxy) is 2. The monoisotopic (exact) mass is 666 g/mol. The lowest BCUT2D eigenvalue weighted by atomic mass is 9.95. The SMILES string of the molecule is COC(=O)C1=C(CN2CCN3C(=O)N(c4ccc(C(C)C(=O)OC)cc4)C[C@@H]3C2)NC(c2nccs2)=N[C@H]1c1ccc(F)cc1Cl. The molecule has 3 aliphatic rings. The van der Waals surface area contributed by atoms with E-state index in [0.717, 1.165) is 11.3 Å². The number of carbonyl (C=O) groups is 3. The number of halogens is 2. The Kier molecular flexibility index (Phi) is 9.07. The van der Waals surface area contributed by atoms with Crippen LogP contribution in [0.5, 0.6) is 0 Å². The second kappa shape index (κ2) is 13.2. The van der Waals surface area contributed by atoms with E-state index < -0.39 is 23.7 Å². The number of thiazole rings is 1. The fourth-order valence-electron chi connectivity index (χ4n) is 6.08. The standard InChI is InChI=1S/C32H32ClFN6O5S/c1-18(30(41)44-2)19-4-7-21(8-5-19)40-16-22-15-38(11-12-39(22)32(40)43)17-25-26(31(42)45-3)27(23-9-6-20(34)14-24(23)33)37-28(36-25)29-35-10-13-46-29/h4-10,13-14,18,22,27H,11-12,15-17H2,1-3H3,(H,36,37)/t18?,22-,27-/m0/s1. The van der Waals surface area contributed by atoms with E-state index in [2.05, 4.69) is 15.2 Å². The van der Waals surface area contributed by atoms with Crippen LogP contribution < -0.4 is 10.2 Å². The summed E-state index contributed by atoms with van der Waals surface area (Å²) >= 11 is 7.87. The third-order valence-corrected chi connectivity index (χ3v) is 9.61. The van der Waals surface area contributed by atoms with E-state index in [0.29, 0.717) is 54.8 Å². The van der Waals surface area contributed by atoms with Crippen molar-refractivity contribution in [1.29, 1.82) is 0 Å². The molecule has 6 rings (SSSR count). The minimum absolute atomic E-state index is 0.0760. The Hall–Kier alpha value is -4.33. The summed E-state index contributed by atoms with van der Waals surface area (Å²) in [6.07, 6.45) is 1.67. The van der Waals surface area contributed by atoms with Gasteiger partial charge in [-0.25, -0.2) is 19.0 Å². The molecule has 0 radical (unpaired) electrons. The van der Waals surface area contributed by atoms with Gasteiger partial charge in [0.25, 0.3) is 0 Å². The molecule has 1 unspecified atom stereocenters. The fraction of sp³-hybridized carbons (Fsp3) is 0.344. The zero-order valence-electron chi connectivity index (χ0n) is 25.4. The summed E-state index contributed by atoms with van der Waals surface area (Å²) in [5.41, 5.74) is 2.86. The van der Waals surface area contributed by atoms with Crippen molar-refractivity contribution in [3.05, 3.63) is 92.3 Å². The minimum Gasteiger partial charge on any atom is -0.469 e. The lowest BCUT2D eigenvalue weighted by Crippen LogP contribution is -2.53. The molecule has 2 fully saturated rings. The van der Waals surface area contributed by atoms with Gasteiger partial charge in [0.15, 0.2) is 10.8 Å². The van der Waals surface area contributed by atoms with Crippen LogP contribution >= 0.6 is 22.9 Å². The Morgan fingerprint density at radius 1 is 1.13 bits per heavy atom. The Labute approximate surface area is 274 Å².